The molecule has 174 valence electrons. The molecule has 4 aromatic rings. The number of amides is 1. The third kappa shape index (κ3) is 7.90. The summed E-state index contributed by atoms with van der Waals surface area (Å²) in [6, 6.07) is 23.6. The minimum atomic E-state index is 0.00146. The number of aryl methyl sites for hydroxylation is 1. The number of carbonyl (C=O) groups is 2. The number of benzene rings is 2. The lowest BCUT2D eigenvalue weighted by Crippen LogP contribution is -2.13. The predicted molar refractivity (Wildman–Crippen MR) is 142 cm³/mol. The van der Waals surface area contributed by atoms with Gasteiger partial charge < -0.3 is 5.32 Å². The van der Waals surface area contributed by atoms with E-state index in [4.69, 9.17) is 0 Å². The van der Waals surface area contributed by atoms with E-state index in [1.807, 2.05) is 78.5 Å². The van der Waals surface area contributed by atoms with Crippen LogP contribution in [0.3, 0.4) is 0 Å². The van der Waals surface area contributed by atoms with Crippen molar-refractivity contribution >= 4 is 51.1 Å². The fourth-order valence-electron chi connectivity index (χ4n) is 3.33. The second-order valence-electron chi connectivity index (χ2n) is 7.75. The number of nitrogens with zero attached hydrogens (tertiary/aromatic N) is 2. The van der Waals surface area contributed by atoms with Crippen LogP contribution < -0.4 is 5.32 Å². The van der Waals surface area contributed by atoms with Crippen LogP contribution in [0.15, 0.2) is 72.8 Å². The molecule has 0 bridgehead atoms. The molecule has 0 aliphatic rings. The van der Waals surface area contributed by atoms with E-state index in [-0.39, 0.29) is 11.7 Å². The lowest BCUT2D eigenvalue weighted by Gasteiger charge is -2.02. The zero-order valence-electron chi connectivity index (χ0n) is 18.6. The monoisotopic (exact) mass is 507 g/mol. The summed E-state index contributed by atoms with van der Waals surface area (Å²) in [7, 11) is 0. The summed E-state index contributed by atoms with van der Waals surface area (Å²) in [6.07, 6.45) is 1.99. The van der Waals surface area contributed by atoms with Crippen LogP contribution in [-0.4, -0.2) is 27.6 Å². The van der Waals surface area contributed by atoms with E-state index in [9.17, 15) is 9.59 Å². The highest BCUT2D eigenvalue weighted by atomic mass is 32.2. The summed E-state index contributed by atoms with van der Waals surface area (Å²) in [4.78, 5) is 25.7. The zero-order valence-corrected chi connectivity index (χ0v) is 21.1. The van der Waals surface area contributed by atoms with Gasteiger partial charge in [0.05, 0.1) is 17.8 Å². The maximum absolute atomic E-state index is 12.3. The van der Waals surface area contributed by atoms with Crippen LogP contribution in [0.25, 0.3) is 0 Å². The number of aromatic nitrogens is 2. The van der Waals surface area contributed by atoms with Crippen molar-refractivity contribution in [3.05, 3.63) is 98.8 Å². The van der Waals surface area contributed by atoms with Crippen molar-refractivity contribution in [2.75, 3.05) is 11.1 Å². The second-order valence-corrected chi connectivity index (χ2v) is 11.2. The molecule has 0 spiro atoms. The third-order valence-electron chi connectivity index (χ3n) is 4.94. The molecule has 34 heavy (non-hydrogen) atoms. The topological polar surface area (TPSA) is 72.0 Å². The first kappa shape index (κ1) is 24.3. The number of hydrogen-bond donors (Lipinski definition) is 1. The Hall–Kier alpha value is -2.81. The summed E-state index contributed by atoms with van der Waals surface area (Å²) in [5, 5.41) is 14.1. The van der Waals surface area contributed by atoms with Crippen molar-refractivity contribution in [2.24, 2.45) is 0 Å². The Kier molecular flexibility index (Phi) is 9.01. The molecule has 0 saturated carbocycles. The molecule has 4 rings (SSSR count). The largest absolute Gasteiger partial charge is 0.317 e. The molecule has 0 radical (unpaired) electrons. The van der Waals surface area contributed by atoms with Gasteiger partial charge in [0.15, 0.2) is 0 Å². The maximum atomic E-state index is 12.3. The first-order chi connectivity index (χ1) is 16.6. The number of ketones is 1. The molecule has 0 aliphatic heterocycles. The average molecular weight is 508 g/mol. The van der Waals surface area contributed by atoms with E-state index >= 15 is 0 Å². The minimum Gasteiger partial charge on any atom is -0.317 e. The fraction of sp³-hybridized carbons (Fsp3) is 0.231. The summed E-state index contributed by atoms with van der Waals surface area (Å²) in [6.45, 7) is 0. The predicted octanol–water partition coefficient (Wildman–Crippen LogP) is 5.61. The van der Waals surface area contributed by atoms with Crippen molar-refractivity contribution in [1.29, 1.82) is 0 Å². The van der Waals surface area contributed by atoms with Crippen molar-refractivity contribution in [2.45, 2.75) is 31.4 Å². The third-order valence-corrected chi connectivity index (χ3v) is 8.11. The Labute approximate surface area is 211 Å². The van der Waals surface area contributed by atoms with Gasteiger partial charge in [-0.15, -0.1) is 32.9 Å². The molecule has 1 N–H and O–H groups in total. The lowest BCUT2D eigenvalue weighted by molar-refractivity contribution is -0.118. The van der Waals surface area contributed by atoms with Crippen LogP contribution >= 0.6 is 34.4 Å². The van der Waals surface area contributed by atoms with Gasteiger partial charge in [-0.1, -0.05) is 60.7 Å². The normalized spacial score (nSPS) is 10.8. The molecule has 0 atom stereocenters. The maximum Gasteiger partial charge on any atom is 0.229 e. The van der Waals surface area contributed by atoms with Crippen LogP contribution in [0.1, 0.15) is 26.0 Å². The summed E-state index contributed by atoms with van der Waals surface area (Å²) in [5.41, 5.74) is 2.04. The van der Waals surface area contributed by atoms with Crippen molar-refractivity contribution in [1.82, 2.24) is 10.2 Å². The Morgan fingerprint density at radius 2 is 1.44 bits per heavy atom. The van der Waals surface area contributed by atoms with Crippen LogP contribution in [-0.2, 0) is 41.0 Å². The van der Waals surface area contributed by atoms with Gasteiger partial charge in [-0.2, -0.15) is 11.8 Å². The van der Waals surface area contributed by atoms with Crippen molar-refractivity contribution < 1.29 is 9.59 Å². The lowest BCUT2D eigenvalue weighted by atomic mass is 10.1. The number of hydrogen-bond acceptors (Lipinski definition) is 7. The molecule has 0 fully saturated rings. The van der Waals surface area contributed by atoms with Crippen molar-refractivity contribution in [3.8, 4) is 0 Å². The molecular formula is C26H25N3O2S3. The highest BCUT2D eigenvalue weighted by Crippen LogP contribution is 2.26. The number of thioether (sulfide) groups is 1. The smallest absolute Gasteiger partial charge is 0.229 e. The Morgan fingerprint density at radius 1 is 0.765 bits per heavy atom. The van der Waals surface area contributed by atoms with Gasteiger partial charge in [-0.05, 0) is 23.3 Å². The van der Waals surface area contributed by atoms with E-state index in [1.54, 1.807) is 11.3 Å². The van der Waals surface area contributed by atoms with Gasteiger partial charge in [0.1, 0.15) is 15.8 Å². The highest BCUT2D eigenvalue weighted by Gasteiger charge is 2.11. The standard InChI is InChI=1S/C26H25N3O2S3/c30-21(15-19-7-3-1-4-8-19)17-26-29-28-25(34-26)13-14-32-18-22-11-12-24(33-22)27-23(31)16-20-9-5-2-6-10-20/h1-12H,13-18H2,(H,27,31). The number of Topliss-reactive ketones (excluding diaryl/α,β-unsaturated/α-hetero) is 1. The molecule has 0 aliphatic carbocycles. The fourth-order valence-corrected chi connectivity index (χ4v) is 6.32. The number of anilines is 1. The van der Waals surface area contributed by atoms with Gasteiger partial charge in [0.25, 0.3) is 0 Å². The van der Waals surface area contributed by atoms with E-state index in [0.717, 1.165) is 44.1 Å². The van der Waals surface area contributed by atoms with Crippen molar-refractivity contribution in [3.63, 3.8) is 0 Å². The molecule has 0 unspecified atom stereocenters. The van der Waals surface area contributed by atoms with Crippen LogP contribution in [0.2, 0.25) is 0 Å². The number of rotatable bonds is 12. The quantitative estimate of drug-likeness (QED) is 0.252. The number of nitrogens with one attached hydrogen (secondary N) is 1. The zero-order chi connectivity index (χ0) is 23.6. The number of carbonyl (C=O) groups excluding carboxylic acids is 2. The summed E-state index contributed by atoms with van der Waals surface area (Å²) >= 11 is 4.97. The molecule has 8 heteroatoms. The van der Waals surface area contributed by atoms with Gasteiger partial charge in [0, 0.05) is 29.2 Å². The first-order valence-corrected chi connectivity index (χ1v) is 13.8. The van der Waals surface area contributed by atoms with E-state index in [2.05, 4.69) is 21.6 Å². The average Bonchev–Trinajstić information content (AvgIpc) is 3.47. The Balaban J connectivity index is 1.15. The van der Waals surface area contributed by atoms with Gasteiger partial charge >= 0.3 is 0 Å². The molecule has 1 amide bonds. The number of thiophene rings is 1. The van der Waals surface area contributed by atoms with Gasteiger partial charge in [-0.25, -0.2) is 0 Å². The highest BCUT2D eigenvalue weighted by molar-refractivity contribution is 7.98. The molecule has 0 saturated heterocycles. The summed E-state index contributed by atoms with van der Waals surface area (Å²) < 4.78 is 0. The second kappa shape index (κ2) is 12.6. The van der Waals surface area contributed by atoms with Gasteiger partial charge in [0.2, 0.25) is 5.91 Å². The van der Waals surface area contributed by atoms with E-state index in [0.29, 0.717) is 19.3 Å². The first-order valence-electron chi connectivity index (χ1n) is 11.0. The molecule has 5 nitrogen and oxygen atoms in total. The van der Waals surface area contributed by atoms with Crippen LogP contribution in [0.5, 0.6) is 0 Å². The Morgan fingerprint density at radius 3 is 2.18 bits per heavy atom. The molecule has 2 aromatic heterocycles. The molecular weight excluding hydrogens is 483 g/mol. The minimum absolute atomic E-state index is 0.00146. The van der Waals surface area contributed by atoms with E-state index in [1.165, 1.54) is 16.2 Å². The van der Waals surface area contributed by atoms with Gasteiger partial charge in [-0.3, -0.25) is 9.59 Å². The Bertz CT molecular complexity index is 1110. The van der Waals surface area contributed by atoms with Crippen LogP contribution in [0, 0.1) is 0 Å². The molecule has 2 aromatic carbocycles. The molecule has 2 heterocycles. The summed E-state index contributed by atoms with van der Waals surface area (Å²) in [5.74, 6) is 1.98. The SMILES string of the molecule is O=C(Cc1ccccc1)Cc1nnc(CCSCc2ccc(NC(=O)Cc3ccccc3)s2)s1. The van der Waals surface area contributed by atoms with E-state index < -0.39 is 0 Å². The van der Waals surface area contributed by atoms with Crippen LogP contribution in [0.4, 0.5) is 5.00 Å².